The Balaban J connectivity index is 3.29. The van der Waals surface area contributed by atoms with Gasteiger partial charge in [0.15, 0.2) is 0 Å². The minimum Gasteiger partial charge on any atom is -0.496 e. The van der Waals surface area contributed by atoms with Crippen LogP contribution in [0.1, 0.15) is 15.9 Å². The van der Waals surface area contributed by atoms with Crippen LogP contribution in [0.4, 0.5) is 4.39 Å². The second kappa shape index (κ2) is 4.09. The van der Waals surface area contributed by atoms with Crippen LogP contribution in [0.2, 0.25) is 0 Å². The van der Waals surface area contributed by atoms with Crippen molar-refractivity contribution in [3.8, 4) is 5.75 Å². The van der Waals surface area contributed by atoms with Crippen molar-refractivity contribution in [1.82, 2.24) is 0 Å². The average molecular weight is 198 g/mol. The van der Waals surface area contributed by atoms with Crippen LogP contribution in [-0.4, -0.2) is 20.2 Å². The van der Waals surface area contributed by atoms with E-state index >= 15 is 0 Å². The molecule has 0 saturated heterocycles. The number of carbonyl (C=O) groups excluding carboxylic acids is 1. The highest BCUT2D eigenvalue weighted by Crippen LogP contribution is 2.23. The lowest BCUT2D eigenvalue weighted by atomic mass is 10.1. The van der Waals surface area contributed by atoms with Crippen LogP contribution in [0.25, 0.3) is 0 Å². The van der Waals surface area contributed by atoms with E-state index in [4.69, 9.17) is 4.74 Å². The van der Waals surface area contributed by atoms with E-state index in [9.17, 15) is 9.18 Å². The fourth-order valence-electron chi connectivity index (χ4n) is 1.19. The van der Waals surface area contributed by atoms with E-state index in [2.05, 4.69) is 4.74 Å². The molecule has 0 fully saturated rings. The summed E-state index contributed by atoms with van der Waals surface area (Å²) in [7, 11) is 2.67. The van der Waals surface area contributed by atoms with Gasteiger partial charge in [0.2, 0.25) is 0 Å². The molecule has 1 rings (SSSR count). The number of ether oxygens (including phenoxy) is 2. The van der Waals surface area contributed by atoms with Gasteiger partial charge in [-0.3, -0.25) is 0 Å². The summed E-state index contributed by atoms with van der Waals surface area (Å²) in [5.41, 5.74) is 0.755. The van der Waals surface area contributed by atoms with Crippen molar-refractivity contribution in [3.05, 3.63) is 29.1 Å². The zero-order chi connectivity index (χ0) is 10.7. The lowest BCUT2D eigenvalue weighted by Crippen LogP contribution is -2.05. The van der Waals surface area contributed by atoms with Crippen molar-refractivity contribution in [2.24, 2.45) is 0 Å². The van der Waals surface area contributed by atoms with Crippen LogP contribution < -0.4 is 4.74 Å². The molecule has 1 aromatic carbocycles. The molecule has 0 unspecified atom stereocenters. The van der Waals surface area contributed by atoms with Crippen LogP contribution in [0, 0.1) is 12.7 Å². The Kier molecular flexibility index (Phi) is 3.06. The predicted octanol–water partition coefficient (Wildman–Crippen LogP) is 1.93. The molecule has 0 saturated carbocycles. The number of carbonyl (C=O) groups is 1. The largest absolute Gasteiger partial charge is 0.496 e. The highest BCUT2D eigenvalue weighted by atomic mass is 19.1. The lowest BCUT2D eigenvalue weighted by molar-refractivity contribution is 0.0599. The first-order chi connectivity index (χ1) is 6.60. The van der Waals surface area contributed by atoms with Crippen molar-refractivity contribution in [2.75, 3.05) is 14.2 Å². The number of rotatable bonds is 2. The molecule has 0 aromatic heterocycles. The van der Waals surface area contributed by atoms with Crippen molar-refractivity contribution < 1.29 is 18.7 Å². The number of benzene rings is 1. The Morgan fingerprint density at radius 1 is 1.36 bits per heavy atom. The molecule has 14 heavy (non-hydrogen) atoms. The van der Waals surface area contributed by atoms with E-state index in [1.807, 2.05) is 0 Å². The maximum absolute atomic E-state index is 13.0. The molecule has 0 aliphatic rings. The van der Waals surface area contributed by atoms with Gasteiger partial charge in [0, 0.05) is 11.6 Å². The third-order valence-electron chi connectivity index (χ3n) is 1.95. The fraction of sp³-hybridized carbons (Fsp3) is 0.300. The van der Waals surface area contributed by atoms with Crippen molar-refractivity contribution in [2.45, 2.75) is 6.92 Å². The molecule has 0 radical (unpaired) electrons. The van der Waals surface area contributed by atoms with E-state index < -0.39 is 11.8 Å². The molecular weight excluding hydrogens is 187 g/mol. The molecule has 0 atom stereocenters. The highest BCUT2D eigenvalue weighted by molar-refractivity contribution is 5.91. The van der Waals surface area contributed by atoms with Gasteiger partial charge in [0.05, 0.1) is 19.8 Å². The van der Waals surface area contributed by atoms with Gasteiger partial charge in [-0.05, 0) is 13.0 Å². The van der Waals surface area contributed by atoms with Gasteiger partial charge in [-0.2, -0.15) is 0 Å². The smallest absolute Gasteiger partial charge is 0.338 e. The summed E-state index contributed by atoms with van der Waals surface area (Å²) >= 11 is 0. The SMILES string of the molecule is COC(=O)c1cc(F)cc(OC)c1C. The molecule has 0 aliphatic heterocycles. The summed E-state index contributed by atoms with van der Waals surface area (Å²) in [6.07, 6.45) is 0. The number of hydrogen-bond donors (Lipinski definition) is 0. The van der Waals surface area contributed by atoms with Crippen molar-refractivity contribution in [1.29, 1.82) is 0 Å². The van der Waals surface area contributed by atoms with Crippen LogP contribution in [0.3, 0.4) is 0 Å². The average Bonchev–Trinajstić information content (AvgIpc) is 2.19. The monoisotopic (exact) mass is 198 g/mol. The summed E-state index contributed by atoms with van der Waals surface area (Å²) in [4.78, 5) is 11.2. The normalized spacial score (nSPS) is 9.71. The summed E-state index contributed by atoms with van der Waals surface area (Å²) in [6.45, 7) is 1.67. The van der Waals surface area contributed by atoms with Crippen molar-refractivity contribution in [3.63, 3.8) is 0 Å². The highest BCUT2D eigenvalue weighted by Gasteiger charge is 2.14. The second-order valence-electron chi connectivity index (χ2n) is 2.77. The first-order valence-corrected chi connectivity index (χ1v) is 4.02. The summed E-state index contributed by atoms with van der Waals surface area (Å²) in [5.74, 6) is -0.751. The lowest BCUT2D eigenvalue weighted by Gasteiger charge is -2.08. The maximum atomic E-state index is 13.0. The third-order valence-corrected chi connectivity index (χ3v) is 1.95. The minimum atomic E-state index is -0.569. The standard InChI is InChI=1S/C10H11FO3/c1-6-8(10(12)14-3)4-7(11)5-9(6)13-2/h4-5H,1-3H3. The first-order valence-electron chi connectivity index (χ1n) is 4.02. The van der Waals surface area contributed by atoms with Gasteiger partial charge in [-0.15, -0.1) is 0 Å². The minimum absolute atomic E-state index is 0.185. The van der Waals surface area contributed by atoms with E-state index in [1.165, 1.54) is 20.3 Å². The van der Waals surface area contributed by atoms with E-state index in [1.54, 1.807) is 6.92 Å². The molecule has 0 bridgehead atoms. The molecule has 0 N–H and O–H groups in total. The fourth-order valence-corrected chi connectivity index (χ4v) is 1.19. The summed E-state index contributed by atoms with van der Waals surface area (Å²) in [6, 6.07) is 2.35. The molecule has 0 aliphatic carbocycles. The van der Waals surface area contributed by atoms with Gasteiger partial charge in [-0.25, -0.2) is 9.18 Å². The topological polar surface area (TPSA) is 35.5 Å². The van der Waals surface area contributed by atoms with E-state index in [0.29, 0.717) is 11.3 Å². The van der Waals surface area contributed by atoms with Crippen LogP contribution >= 0.6 is 0 Å². The zero-order valence-corrected chi connectivity index (χ0v) is 8.26. The molecule has 3 nitrogen and oxygen atoms in total. The quantitative estimate of drug-likeness (QED) is 0.681. The Bertz CT molecular complexity index is 361. The zero-order valence-electron chi connectivity index (χ0n) is 8.26. The number of methoxy groups -OCH3 is 2. The van der Waals surface area contributed by atoms with E-state index in [0.717, 1.165) is 6.07 Å². The molecule has 0 heterocycles. The number of halogens is 1. The van der Waals surface area contributed by atoms with Crippen LogP contribution in [0.15, 0.2) is 12.1 Å². The first kappa shape index (κ1) is 10.5. The van der Waals surface area contributed by atoms with Gasteiger partial charge < -0.3 is 9.47 Å². The molecule has 0 amide bonds. The second-order valence-corrected chi connectivity index (χ2v) is 2.77. The summed E-state index contributed by atoms with van der Waals surface area (Å²) < 4.78 is 22.4. The number of esters is 1. The van der Waals surface area contributed by atoms with Gasteiger partial charge in [0.1, 0.15) is 11.6 Å². The van der Waals surface area contributed by atoms with Crippen molar-refractivity contribution >= 4 is 5.97 Å². The molecule has 4 heteroatoms. The van der Waals surface area contributed by atoms with Crippen LogP contribution in [-0.2, 0) is 4.74 Å². The predicted molar refractivity (Wildman–Crippen MR) is 49.0 cm³/mol. The van der Waals surface area contributed by atoms with Gasteiger partial charge in [0.25, 0.3) is 0 Å². The Hall–Kier alpha value is -1.58. The number of hydrogen-bond acceptors (Lipinski definition) is 3. The summed E-state index contributed by atoms with van der Waals surface area (Å²) in [5, 5.41) is 0. The Morgan fingerprint density at radius 2 is 2.00 bits per heavy atom. The molecule has 0 spiro atoms. The van der Waals surface area contributed by atoms with E-state index in [-0.39, 0.29) is 5.56 Å². The maximum Gasteiger partial charge on any atom is 0.338 e. The van der Waals surface area contributed by atoms with Crippen LogP contribution in [0.5, 0.6) is 5.75 Å². The molecular formula is C10H11FO3. The van der Waals surface area contributed by atoms with Gasteiger partial charge >= 0.3 is 5.97 Å². The molecule has 76 valence electrons. The third kappa shape index (κ3) is 1.84. The van der Waals surface area contributed by atoms with Gasteiger partial charge in [-0.1, -0.05) is 0 Å². The molecule has 1 aromatic rings. The Morgan fingerprint density at radius 3 is 2.50 bits per heavy atom. The Labute approximate surface area is 81.4 Å².